The van der Waals surface area contributed by atoms with Gasteiger partial charge in [0.15, 0.2) is 6.10 Å². The lowest BCUT2D eigenvalue weighted by Gasteiger charge is -2.19. The lowest BCUT2D eigenvalue weighted by Crippen LogP contribution is -2.29. The topological polar surface area (TPSA) is 134 Å². The zero-order chi connectivity index (χ0) is 61.6. The molecule has 2 unspecified atom stereocenters. The van der Waals surface area contributed by atoms with Gasteiger partial charge in [0, 0.05) is 19.4 Å². The van der Waals surface area contributed by atoms with Crippen LogP contribution in [0.4, 0.5) is 0 Å². The van der Waals surface area contributed by atoms with Crippen LogP contribution in [0, 0.1) is 0 Å². The number of esters is 2. The molecule has 10 heteroatoms. The van der Waals surface area contributed by atoms with Gasteiger partial charge in [-0.05, 0) is 96.3 Å². The number of allylic oxidation sites excluding steroid dienone is 16. The number of phosphoric acid groups is 1. The van der Waals surface area contributed by atoms with Crippen molar-refractivity contribution in [3.8, 4) is 0 Å². The van der Waals surface area contributed by atoms with E-state index in [1.165, 1.54) is 218 Å². The van der Waals surface area contributed by atoms with Crippen LogP contribution in [0.5, 0.6) is 0 Å². The van der Waals surface area contributed by atoms with Crippen molar-refractivity contribution >= 4 is 19.8 Å². The van der Waals surface area contributed by atoms with Gasteiger partial charge in [0.2, 0.25) is 0 Å². The van der Waals surface area contributed by atoms with Gasteiger partial charge in [-0.3, -0.25) is 18.6 Å². The summed E-state index contributed by atoms with van der Waals surface area (Å²) in [7, 11) is -4.40. The van der Waals surface area contributed by atoms with Gasteiger partial charge in [0.1, 0.15) is 6.61 Å². The second-order valence-electron chi connectivity index (χ2n) is 23.7. The molecule has 492 valence electrons. The van der Waals surface area contributed by atoms with E-state index in [4.69, 9.17) is 24.3 Å². The summed E-state index contributed by atoms with van der Waals surface area (Å²) in [6, 6.07) is 0. The number of carbonyl (C=O) groups is 2. The maximum absolute atomic E-state index is 12.8. The number of rotatable bonds is 67. The maximum Gasteiger partial charge on any atom is 0.472 e. The Morgan fingerprint density at radius 1 is 0.365 bits per heavy atom. The Bertz CT molecular complexity index is 1720. The summed E-state index contributed by atoms with van der Waals surface area (Å²) in [6.45, 7) is 3.67. The first-order valence-electron chi connectivity index (χ1n) is 35.7. The Hall–Kier alpha value is -3.07. The van der Waals surface area contributed by atoms with Crippen LogP contribution >= 0.6 is 7.82 Å². The van der Waals surface area contributed by atoms with Crippen molar-refractivity contribution in [1.29, 1.82) is 0 Å². The average Bonchev–Trinajstić information content (AvgIpc) is 3.52. The van der Waals surface area contributed by atoms with Gasteiger partial charge in [-0.15, -0.1) is 0 Å². The molecule has 2 atom stereocenters. The summed E-state index contributed by atoms with van der Waals surface area (Å²) < 4.78 is 33.2. The molecule has 0 aliphatic heterocycles. The van der Waals surface area contributed by atoms with Crippen molar-refractivity contribution in [1.82, 2.24) is 0 Å². The number of nitrogens with two attached hydrogens (primary N) is 1. The van der Waals surface area contributed by atoms with E-state index in [2.05, 4.69) is 111 Å². The van der Waals surface area contributed by atoms with E-state index in [1.807, 2.05) is 0 Å². The molecule has 0 fully saturated rings. The molecule has 0 saturated heterocycles. The molecule has 0 spiro atoms. The monoisotopic (exact) mass is 1210 g/mol. The predicted octanol–water partition coefficient (Wildman–Crippen LogP) is 23.5. The minimum absolute atomic E-state index is 0.0514. The van der Waals surface area contributed by atoms with Gasteiger partial charge in [-0.25, -0.2) is 4.57 Å². The molecule has 0 radical (unpaired) electrons. The van der Waals surface area contributed by atoms with E-state index in [1.54, 1.807) is 0 Å². The summed E-state index contributed by atoms with van der Waals surface area (Å²) in [6.07, 6.45) is 95.0. The smallest absolute Gasteiger partial charge is 0.462 e. The molecular weight excluding hydrogens is 1070 g/mol. The van der Waals surface area contributed by atoms with Crippen molar-refractivity contribution < 1.29 is 37.6 Å². The van der Waals surface area contributed by atoms with Gasteiger partial charge < -0.3 is 20.1 Å². The molecule has 0 aromatic carbocycles. The van der Waals surface area contributed by atoms with Crippen LogP contribution in [0.25, 0.3) is 0 Å². The minimum atomic E-state index is -4.40. The summed E-state index contributed by atoms with van der Waals surface area (Å²) >= 11 is 0. The highest BCUT2D eigenvalue weighted by molar-refractivity contribution is 7.47. The Kier molecular flexibility index (Phi) is 67.5. The van der Waals surface area contributed by atoms with Crippen LogP contribution in [0.1, 0.15) is 335 Å². The maximum atomic E-state index is 12.8. The van der Waals surface area contributed by atoms with Crippen LogP contribution in [0.15, 0.2) is 97.2 Å². The number of carbonyl (C=O) groups excluding carboxylic acids is 2. The van der Waals surface area contributed by atoms with E-state index in [0.717, 1.165) is 83.5 Å². The van der Waals surface area contributed by atoms with Crippen LogP contribution < -0.4 is 5.73 Å². The summed E-state index contributed by atoms with van der Waals surface area (Å²) in [4.78, 5) is 35.4. The lowest BCUT2D eigenvalue weighted by molar-refractivity contribution is -0.161. The van der Waals surface area contributed by atoms with Crippen LogP contribution in [0.3, 0.4) is 0 Å². The Morgan fingerprint density at radius 2 is 0.647 bits per heavy atom. The van der Waals surface area contributed by atoms with E-state index in [9.17, 15) is 19.0 Å². The number of phosphoric ester groups is 1. The molecule has 85 heavy (non-hydrogen) atoms. The normalized spacial score (nSPS) is 13.5. The highest BCUT2D eigenvalue weighted by Crippen LogP contribution is 2.43. The van der Waals surface area contributed by atoms with E-state index in [0.29, 0.717) is 6.42 Å². The van der Waals surface area contributed by atoms with Crippen LogP contribution in [-0.4, -0.2) is 49.3 Å². The van der Waals surface area contributed by atoms with Gasteiger partial charge >= 0.3 is 19.8 Å². The number of hydrogen-bond donors (Lipinski definition) is 2. The van der Waals surface area contributed by atoms with Gasteiger partial charge in [0.25, 0.3) is 0 Å². The zero-order valence-electron chi connectivity index (χ0n) is 55.3. The summed E-state index contributed by atoms with van der Waals surface area (Å²) in [5, 5.41) is 0. The Labute approximate surface area is 525 Å². The van der Waals surface area contributed by atoms with Crippen molar-refractivity contribution in [2.24, 2.45) is 5.73 Å². The lowest BCUT2D eigenvalue weighted by atomic mass is 10.0. The molecule has 9 nitrogen and oxygen atoms in total. The third-order valence-electron chi connectivity index (χ3n) is 15.5. The van der Waals surface area contributed by atoms with Gasteiger partial charge in [-0.2, -0.15) is 0 Å². The summed E-state index contributed by atoms with van der Waals surface area (Å²) in [5.41, 5.74) is 5.40. The SMILES string of the molecule is CC/C=C\C/C=C\C/C=C\C/C=C\C/C=C\C/C=C\C/C=C\CCCCCCCCCCCCCCCC(=O)OC(COC(=O)CCCCCCCCCCCCCCCCCCC/C=C\CCCCCCCCCC)COP(=O)(O)OCCN. The molecule has 0 aliphatic rings. The van der Waals surface area contributed by atoms with Gasteiger partial charge in [0.05, 0.1) is 13.2 Å². The molecule has 0 rings (SSSR count). The highest BCUT2D eigenvalue weighted by Gasteiger charge is 2.26. The quantitative estimate of drug-likeness (QED) is 0.0264. The number of hydrogen-bond acceptors (Lipinski definition) is 8. The molecule has 0 aliphatic carbocycles. The Balaban J connectivity index is 3.88. The van der Waals surface area contributed by atoms with Crippen molar-refractivity contribution in [3.05, 3.63) is 97.2 Å². The fourth-order valence-electron chi connectivity index (χ4n) is 10.2. The van der Waals surface area contributed by atoms with Crippen molar-refractivity contribution in [2.75, 3.05) is 26.4 Å². The molecule has 0 amide bonds. The number of ether oxygens (including phenoxy) is 2. The first-order valence-corrected chi connectivity index (χ1v) is 37.2. The third-order valence-corrected chi connectivity index (χ3v) is 16.4. The molecule has 0 bridgehead atoms. The van der Waals surface area contributed by atoms with E-state index >= 15 is 0 Å². The molecule has 0 aromatic rings. The Morgan fingerprint density at radius 3 is 0.976 bits per heavy atom. The number of unbranched alkanes of at least 4 members (excludes halogenated alkanes) is 38. The van der Waals surface area contributed by atoms with Crippen LogP contribution in [0.2, 0.25) is 0 Å². The third kappa shape index (κ3) is 69.9. The molecule has 0 aromatic heterocycles. The second-order valence-corrected chi connectivity index (χ2v) is 25.2. The van der Waals surface area contributed by atoms with E-state index < -0.39 is 26.5 Å². The van der Waals surface area contributed by atoms with Crippen molar-refractivity contribution in [2.45, 2.75) is 341 Å². The summed E-state index contributed by atoms with van der Waals surface area (Å²) in [5.74, 6) is -0.818. The van der Waals surface area contributed by atoms with Crippen molar-refractivity contribution in [3.63, 3.8) is 0 Å². The minimum Gasteiger partial charge on any atom is -0.462 e. The van der Waals surface area contributed by atoms with Crippen LogP contribution in [-0.2, 0) is 32.7 Å². The average molecular weight is 1210 g/mol. The van der Waals surface area contributed by atoms with Gasteiger partial charge in [-0.1, -0.05) is 323 Å². The first-order chi connectivity index (χ1) is 41.8. The fourth-order valence-corrected chi connectivity index (χ4v) is 11.0. The fraction of sp³-hybridized carbons (Fsp3) is 0.760. The zero-order valence-corrected chi connectivity index (χ0v) is 56.2. The predicted molar refractivity (Wildman–Crippen MR) is 367 cm³/mol. The standard InChI is InChI=1S/C75H134NO8P/c1-3-5-7-9-11-13-15-17-19-21-23-25-27-29-31-33-34-35-36-37-38-40-42-44-46-48-50-52-54-56-58-60-62-64-66-68-75(78)84-73(72-83-85(79,80)82-70-69-76)71-81-74(77)67-65-63-61-59-57-55-53-51-49-47-45-43-41-39-32-30-28-26-24-22-20-18-16-14-12-10-8-6-4-2/h5,7,11,13,17,19,22-25,29,31,34-35,37-38,73H,3-4,6,8-10,12,14-16,18,20-21,26-28,30,32-33,36,39-72,76H2,1-2H3,(H,79,80)/b7-5-,13-11-,19-17-,24-22-,25-23-,31-29-,35-34-,38-37-. The second kappa shape index (κ2) is 70.0. The largest absolute Gasteiger partial charge is 0.472 e. The first kappa shape index (κ1) is 81.9. The highest BCUT2D eigenvalue weighted by atomic mass is 31.2. The molecular formula is C75H134NO8P. The molecule has 0 heterocycles. The molecule has 3 N–H and O–H groups in total. The molecule has 0 saturated carbocycles. The van der Waals surface area contributed by atoms with E-state index in [-0.39, 0.29) is 38.6 Å².